The van der Waals surface area contributed by atoms with Gasteiger partial charge < -0.3 is 14.6 Å². The summed E-state index contributed by atoms with van der Waals surface area (Å²) in [6.45, 7) is 1.56. The second-order valence-electron chi connectivity index (χ2n) is 4.12. The first kappa shape index (κ1) is 13.4. The van der Waals surface area contributed by atoms with Crippen molar-refractivity contribution in [3.05, 3.63) is 53.8 Å². The van der Waals surface area contributed by atoms with Crippen molar-refractivity contribution in [2.45, 2.75) is 13.0 Å². The van der Waals surface area contributed by atoms with E-state index in [9.17, 15) is 9.50 Å². The van der Waals surface area contributed by atoms with Crippen LogP contribution in [-0.2, 0) is 0 Å². The van der Waals surface area contributed by atoms with E-state index in [1.54, 1.807) is 44.4 Å². The Labute approximate surface area is 111 Å². The average Bonchev–Trinajstić information content (AvgIpc) is 2.41. The highest BCUT2D eigenvalue weighted by atomic mass is 19.1. The molecule has 2 rings (SSSR count). The summed E-state index contributed by atoms with van der Waals surface area (Å²) in [6, 6.07) is 11.3. The molecule has 0 aliphatic rings. The predicted octanol–water partition coefficient (Wildman–Crippen LogP) is 3.68. The van der Waals surface area contributed by atoms with E-state index in [0.29, 0.717) is 17.1 Å². The second kappa shape index (κ2) is 5.71. The molecule has 4 heteroatoms. The number of hydrogen-bond acceptors (Lipinski definition) is 3. The van der Waals surface area contributed by atoms with Gasteiger partial charge in [0.25, 0.3) is 0 Å². The first-order valence-corrected chi connectivity index (χ1v) is 5.90. The molecule has 0 spiro atoms. The molecule has 100 valence electrons. The summed E-state index contributed by atoms with van der Waals surface area (Å²) in [6.07, 6.45) is -0.809. The lowest BCUT2D eigenvalue weighted by Gasteiger charge is -2.14. The monoisotopic (exact) mass is 262 g/mol. The normalized spacial score (nSPS) is 12.0. The Morgan fingerprint density at radius 2 is 1.79 bits per heavy atom. The molecule has 0 saturated heterocycles. The number of para-hydroxylation sites is 1. The van der Waals surface area contributed by atoms with Gasteiger partial charge in [-0.3, -0.25) is 0 Å². The molecule has 0 bridgehead atoms. The van der Waals surface area contributed by atoms with Crippen molar-refractivity contribution >= 4 is 0 Å². The zero-order valence-corrected chi connectivity index (χ0v) is 10.8. The number of ether oxygens (including phenoxy) is 2. The SMILES string of the molecule is COc1cccc(Oc2c(F)cccc2[C@@H](C)O)c1. The number of aliphatic hydroxyl groups excluding tert-OH is 1. The zero-order chi connectivity index (χ0) is 13.8. The Kier molecular flexibility index (Phi) is 4.02. The summed E-state index contributed by atoms with van der Waals surface area (Å²) in [5.74, 6) is 0.589. The summed E-state index contributed by atoms with van der Waals surface area (Å²) in [7, 11) is 1.55. The van der Waals surface area contributed by atoms with Gasteiger partial charge in [-0.2, -0.15) is 0 Å². The van der Waals surface area contributed by atoms with Gasteiger partial charge in [0.2, 0.25) is 0 Å². The number of hydrogen-bond donors (Lipinski definition) is 1. The number of rotatable bonds is 4. The van der Waals surface area contributed by atoms with Gasteiger partial charge in [0, 0.05) is 11.6 Å². The van der Waals surface area contributed by atoms with Crippen molar-refractivity contribution in [1.82, 2.24) is 0 Å². The van der Waals surface area contributed by atoms with E-state index >= 15 is 0 Å². The third-order valence-corrected chi connectivity index (χ3v) is 2.71. The summed E-state index contributed by atoms with van der Waals surface area (Å²) in [5.41, 5.74) is 0.405. The van der Waals surface area contributed by atoms with Crippen LogP contribution < -0.4 is 9.47 Å². The molecule has 0 unspecified atom stereocenters. The van der Waals surface area contributed by atoms with Crippen molar-refractivity contribution < 1.29 is 19.0 Å². The van der Waals surface area contributed by atoms with Gasteiger partial charge in [0.1, 0.15) is 11.5 Å². The van der Waals surface area contributed by atoms with E-state index in [2.05, 4.69) is 0 Å². The van der Waals surface area contributed by atoms with Crippen molar-refractivity contribution in [3.8, 4) is 17.2 Å². The molecular weight excluding hydrogens is 247 g/mol. The fraction of sp³-hybridized carbons (Fsp3) is 0.200. The fourth-order valence-electron chi connectivity index (χ4n) is 1.74. The zero-order valence-electron chi connectivity index (χ0n) is 10.8. The van der Waals surface area contributed by atoms with Gasteiger partial charge in [-0.15, -0.1) is 0 Å². The Bertz CT molecular complexity index is 567. The number of halogens is 1. The molecule has 19 heavy (non-hydrogen) atoms. The van der Waals surface area contributed by atoms with E-state index < -0.39 is 11.9 Å². The van der Waals surface area contributed by atoms with Gasteiger partial charge in [0.15, 0.2) is 11.6 Å². The average molecular weight is 262 g/mol. The Hall–Kier alpha value is -2.07. The van der Waals surface area contributed by atoms with Crippen LogP contribution >= 0.6 is 0 Å². The summed E-state index contributed by atoms with van der Waals surface area (Å²) >= 11 is 0. The number of benzene rings is 2. The lowest BCUT2D eigenvalue weighted by Crippen LogP contribution is -1.98. The quantitative estimate of drug-likeness (QED) is 0.913. The van der Waals surface area contributed by atoms with Crippen LogP contribution in [0, 0.1) is 5.82 Å². The second-order valence-corrected chi connectivity index (χ2v) is 4.12. The molecule has 0 heterocycles. The largest absolute Gasteiger partial charge is 0.497 e. The minimum Gasteiger partial charge on any atom is -0.497 e. The van der Waals surface area contributed by atoms with Crippen molar-refractivity contribution in [1.29, 1.82) is 0 Å². The molecule has 2 aromatic rings. The molecular formula is C15H15FO3. The molecule has 0 aliphatic heterocycles. The van der Waals surface area contributed by atoms with Gasteiger partial charge in [0.05, 0.1) is 13.2 Å². The fourth-order valence-corrected chi connectivity index (χ4v) is 1.74. The molecule has 0 fully saturated rings. The maximum Gasteiger partial charge on any atom is 0.168 e. The van der Waals surface area contributed by atoms with E-state index in [1.165, 1.54) is 12.1 Å². The molecule has 0 amide bonds. The molecule has 3 nitrogen and oxygen atoms in total. The summed E-state index contributed by atoms with van der Waals surface area (Å²) in [4.78, 5) is 0. The molecule has 1 N–H and O–H groups in total. The molecule has 1 atom stereocenters. The number of methoxy groups -OCH3 is 1. The van der Waals surface area contributed by atoms with E-state index in [-0.39, 0.29) is 5.75 Å². The van der Waals surface area contributed by atoms with Crippen molar-refractivity contribution in [2.75, 3.05) is 7.11 Å². The van der Waals surface area contributed by atoms with Crippen molar-refractivity contribution in [3.63, 3.8) is 0 Å². The van der Waals surface area contributed by atoms with Crippen LogP contribution in [0.25, 0.3) is 0 Å². The maximum absolute atomic E-state index is 13.8. The molecule has 0 aromatic heterocycles. The minimum absolute atomic E-state index is 0.0331. The standard InChI is InChI=1S/C15H15FO3/c1-10(17)13-7-4-8-14(16)15(13)19-12-6-3-5-11(9-12)18-2/h3-10,17H,1-2H3/t10-/m1/s1. The van der Waals surface area contributed by atoms with Crippen LogP contribution in [0.5, 0.6) is 17.2 Å². The Morgan fingerprint density at radius 3 is 2.47 bits per heavy atom. The van der Waals surface area contributed by atoms with E-state index in [0.717, 1.165) is 0 Å². The first-order valence-electron chi connectivity index (χ1n) is 5.90. The van der Waals surface area contributed by atoms with Crippen LogP contribution in [0.2, 0.25) is 0 Å². The van der Waals surface area contributed by atoms with Gasteiger partial charge in [-0.05, 0) is 25.1 Å². The lowest BCUT2D eigenvalue weighted by molar-refractivity contribution is 0.194. The Balaban J connectivity index is 2.37. The topological polar surface area (TPSA) is 38.7 Å². The third-order valence-electron chi connectivity index (χ3n) is 2.71. The highest BCUT2D eigenvalue weighted by Crippen LogP contribution is 2.33. The lowest BCUT2D eigenvalue weighted by atomic mass is 10.1. The van der Waals surface area contributed by atoms with E-state index in [4.69, 9.17) is 9.47 Å². The first-order chi connectivity index (χ1) is 9.11. The molecule has 0 radical (unpaired) electrons. The Morgan fingerprint density at radius 1 is 1.11 bits per heavy atom. The minimum atomic E-state index is -0.809. The third kappa shape index (κ3) is 3.03. The van der Waals surface area contributed by atoms with Gasteiger partial charge in [-0.1, -0.05) is 18.2 Å². The van der Waals surface area contributed by atoms with E-state index in [1.807, 2.05) is 0 Å². The highest BCUT2D eigenvalue weighted by molar-refractivity contribution is 5.42. The van der Waals surface area contributed by atoms with Crippen LogP contribution in [0.4, 0.5) is 4.39 Å². The number of aliphatic hydroxyl groups is 1. The van der Waals surface area contributed by atoms with Crippen LogP contribution in [0.15, 0.2) is 42.5 Å². The van der Waals surface area contributed by atoms with Crippen LogP contribution in [0.3, 0.4) is 0 Å². The summed E-state index contributed by atoms with van der Waals surface area (Å²) in [5, 5.41) is 9.64. The predicted molar refractivity (Wildman–Crippen MR) is 70.1 cm³/mol. The van der Waals surface area contributed by atoms with Gasteiger partial charge in [-0.25, -0.2) is 4.39 Å². The van der Waals surface area contributed by atoms with Crippen molar-refractivity contribution in [2.24, 2.45) is 0 Å². The molecule has 0 saturated carbocycles. The molecule has 0 aliphatic carbocycles. The maximum atomic E-state index is 13.8. The molecule has 2 aromatic carbocycles. The highest BCUT2D eigenvalue weighted by Gasteiger charge is 2.14. The van der Waals surface area contributed by atoms with Crippen LogP contribution in [-0.4, -0.2) is 12.2 Å². The van der Waals surface area contributed by atoms with Crippen LogP contribution in [0.1, 0.15) is 18.6 Å². The van der Waals surface area contributed by atoms with Gasteiger partial charge >= 0.3 is 0 Å². The smallest absolute Gasteiger partial charge is 0.168 e. The summed E-state index contributed by atoms with van der Waals surface area (Å²) < 4.78 is 24.4.